The van der Waals surface area contributed by atoms with Crippen LogP contribution in [0.1, 0.15) is 60.3 Å². The number of anilines is 1. The zero-order valence-corrected chi connectivity index (χ0v) is 15.8. The molecular weight excluding hydrogens is 364 g/mol. The number of oxime groups is 1. The van der Waals surface area contributed by atoms with Crippen molar-refractivity contribution < 1.29 is 19.5 Å². The van der Waals surface area contributed by atoms with Gasteiger partial charge in [-0.1, -0.05) is 30.1 Å². The molecule has 8 heteroatoms. The Morgan fingerprint density at radius 1 is 1.40 bits per heavy atom. The fourth-order valence-electron chi connectivity index (χ4n) is 2.62. The summed E-state index contributed by atoms with van der Waals surface area (Å²) in [5.74, 6) is -0.599. The molecule has 0 atom stereocenters. The Hall–Kier alpha value is -1.86. The van der Waals surface area contributed by atoms with E-state index in [2.05, 4.69) is 10.5 Å². The molecule has 0 spiro atoms. The zero-order valence-electron chi connectivity index (χ0n) is 14.2. The first-order chi connectivity index (χ1) is 12.0. The summed E-state index contributed by atoms with van der Waals surface area (Å²) in [6, 6.07) is 0. The highest BCUT2D eigenvalue weighted by Crippen LogP contribution is 2.44. The minimum absolute atomic E-state index is 0.136. The van der Waals surface area contributed by atoms with Crippen molar-refractivity contribution in [2.24, 2.45) is 5.16 Å². The van der Waals surface area contributed by atoms with E-state index in [4.69, 9.17) is 21.5 Å². The molecule has 2 N–H and O–H groups in total. The number of rotatable bonds is 7. The van der Waals surface area contributed by atoms with Crippen molar-refractivity contribution in [3.05, 3.63) is 21.6 Å². The summed E-state index contributed by atoms with van der Waals surface area (Å²) in [6.07, 6.45) is 4.49. The molecule has 6 nitrogen and oxygen atoms in total. The van der Waals surface area contributed by atoms with Crippen LogP contribution < -0.4 is 5.32 Å². The van der Waals surface area contributed by atoms with E-state index >= 15 is 0 Å². The maximum absolute atomic E-state index is 12.4. The number of nitrogens with zero attached hydrogens (tertiary/aromatic N) is 1. The second-order valence-corrected chi connectivity index (χ2v) is 6.97. The van der Waals surface area contributed by atoms with Gasteiger partial charge in [0.15, 0.2) is 0 Å². The predicted molar refractivity (Wildman–Crippen MR) is 99.8 cm³/mol. The second kappa shape index (κ2) is 9.01. The summed E-state index contributed by atoms with van der Waals surface area (Å²) in [7, 11) is 0. The molecular formula is C17H21ClN2O4S. The van der Waals surface area contributed by atoms with E-state index < -0.39 is 5.97 Å². The van der Waals surface area contributed by atoms with Crippen LogP contribution in [0.2, 0.25) is 0 Å². The second-order valence-electron chi connectivity index (χ2n) is 5.57. The van der Waals surface area contributed by atoms with Crippen molar-refractivity contribution in [1.29, 1.82) is 0 Å². The fraction of sp³-hybridized carbons (Fsp3) is 0.471. The monoisotopic (exact) mass is 384 g/mol. The topological polar surface area (TPSA) is 88.0 Å². The number of halogens is 1. The number of carbonyl (C=O) groups is 2. The summed E-state index contributed by atoms with van der Waals surface area (Å²) in [6.45, 7) is 3.99. The number of esters is 1. The number of ether oxygens (including phenoxy) is 1. The van der Waals surface area contributed by atoms with Crippen LogP contribution in [0.15, 0.2) is 10.7 Å². The van der Waals surface area contributed by atoms with Gasteiger partial charge in [0, 0.05) is 6.42 Å². The van der Waals surface area contributed by atoms with Crippen LogP contribution in [0, 0.1) is 0 Å². The zero-order chi connectivity index (χ0) is 18.4. The quantitative estimate of drug-likeness (QED) is 0.315. The lowest BCUT2D eigenvalue weighted by atomic mass is 9.95. The Morgan fingerprint density at radius 3 is 2.80 bits per heavy atom. The molecule has 0 aliphatic heterocycles. The Labute approximate surface area is 155 Å². The molecule has 136 valence electrons. The molecule has 2 rings (SSSR count). The van der Waals surface area contributed by atoms with Crippen molar-refractivity contribution in [2.45, 2.75) is 46.0 Å². The number of unbranched alkanes of at least 4 members (excludes halogenated alkanes) is 1. The first kappa shape index (κ1) is 19.5. The number of hydrogen-bond donors (Lipinski definition) is 2. The van der Waals surface area contributed by atoms with Crippen molar-refractivity contribution in [3.8, 4) is 0 Å². The third kappa shape index (κ3) is 4.41. The van der Waals surface area contributed by atoms with Crippen molar-refractivity contribution in [3.63, 3.8) is 0 Å². The molecule has 0 unspecified atom stereocenters. The van der Waals surface area contributed by atoms with E-state index in [9.17, 15) is 9.59 Å². The number of nitrogens with one attached hydrogen (secondary N) is 1. The smallest absolute Gasteiger partial charge is 0.341 e. The Kier molecular flexibility index (Phi) is 7.01. The van der Waals surface area contributed by atoms with Crippen LogP contribution in [0.3, 0.4) is 0 Å². The van der Waals surface area contributed by atoms with Gasteiger partial charge in [0.25, 0.3) is 0 Å². The van der Waals surface area contributed by atoms with Crippen LogP contribution in [0.5, 0.6) is 0 Å². The molecule has 0 bridgehead atoms. The Bertz CT molecular complexity index is 724. The largest absolute Gasteiger partial charge is 0.462 e. The average molecular weight is 385 g/mol. The first-order valence-corrected chi connectivity index (χ1v) is 9.41. The maximum atomic E-state index is 12.4. The molecule has 1 aromatic rings. The third-order valence-corrected chi connectivity index (χ3v) is 5.54. The number of carbonyl (C=O) groups excluding carboxylic acids is 2. The molecule has 1 heterocycles. The third-order valence-electron chi connectivity index (χ3n) is 3.84. The predicted octanol–water partition coefficient (Wildman–Crippen LogP) is 4.41. The molecule has 1 aliphatic carbocycles. The summed E-state index contributed by atoms with van der Waals surface area (Å²) in [5.41, 5.74) is 1.84. The molecule has 1 amide bonds. The van der Waals surface area contributed by atoms with Crippen molar-refractivity contribution >= 4 is 51.1 Å². The SMILES string of the molecule is CCCCC(=O)Nc1sc2c(c1C(=O)OCC)CCC(/C=N/O)=C2Cl. The number of thiophene rings is 1. The van der Waals surface area contributed by atoms with E-state index in [0.717, 1.165) is 18.4 Å². The van der Waals surface area contributed by atoms with Gasteiger partial charge in [0.1, 0.15) is 5.00 Å². The summed E-state index contributed by atoms with van der Waals surface area (Å²) >= 11 is 7.65. The van der Waals surface area contributed by atoms with Gasteiger partial charge in [0.2, 0.25) is 5.91 Å². The van der Waals surface area contributed by atoms with E-state index in [-0.39, 0.29) is 12.5 Å². The Morgan fingerprint density at radius 2 is 2.16 bits per heavy atom. The molecule has 0 saturated carbocycles. The molecule has 1 aliphatic rings. The van der Waals surface area contributed by atoms with E-state index in [1.54, 1.807) is 6.92 Å². The number of allylic oxidation sites excluding steroid dienone is 1. The van der Waals surface area contributed by atoms with Crippen LogP contribution in [0.4, 0.5) is 5.00 Å². The first-order valence-electron chi connectivity index (χ1n) is 8.22. The van der Waals surface area contributed by atoms with E-state index in [0.29, 0.717) is 45.3 Å². The van der Waals surface area contributed by atoms with Crippen LogP contribution in [0.25, 0.3) is 5.03 Å². The van der Waals surface area contributed by atoms with Gasteiger partial charge in [-0.15, -0.1) is 11.3 Å². The fourth-order valence-corrected chi connectivity index (χ4v) is 4.22. The standard InChI is InChI=1S/C17H21ClN2O4S/c1-3-5-6-12(21)20-16-13(17(22)24-4-2)11-8-7-10(9-19-23)14(18)15(11)25-16/h9,23H,3-8H2,1-2H3,(H,20,21)/b19-9+. The molecule has 0 radical (unpaired) electrons. The molecule has 0 fully saturated rings. The van der Waals surface area contributed by atoms with Crippen LogP contribution in [-0.4, -0.2) is 29.9 Å². The van der Waals surface area contributed by atoms with Gasteiger partial charge in [-0.2, -0.15) is 0 Å². The van der Waals surface area contributed by atoms with Crippen molar-refractivity contribution in [1.82, 2.24) is 0 Å². The van der Waals surface area contributed by atoms with Gasteiger partial charge in [-0.05, 0) is 37.3 Å². The highest BCUT2D eigenvalue weighted by molar-refractivity contribution is 7.18. The summed E-state index contributed by atoms with van der Waals surface area (Å²) in [4.78, 5) is 25.2. The number of fused-ring (bicyclic) bond motifs is 1. The lowest BCUT2D eigenvalue weighted by Gasteiger charge is -2.14. The molecule has 0 saturated heterocycles. The average Bonchev–Trinajstić information content (AvgIpc) is 2.94. The molecule has 25 heavy (non-hydrogen) atoms. The number of amides is 1. The number of hydrogen-bond acceptors (Lipinski definition) is 6. The highest BCUT2D eigenvalue weighted by atomic mass is 35.5. The molecule has 1 aromatic heterocycles. The normalized spacial score (nSPS) is 13.9. The van der Waals surface area contributed by atoms with Crippen LogP contribution >= 0.6 is 22.9 Å². The Balaban J connectivity index is 2.44. The van der Waals surface area contributed by atoms with E-state index in [1.807, 2.05) is 6.92 Å². The van der Waals surface area contributed by atoms with Gasteiger partial charge in [-0.3, -0.25) is 4.79 Å². The van der Waals surface area contributed by atoms with Crippen molar-refractivity contribution in [2.75, 3.05) is 11.9 Å². The van der Waals surface area contributed by atoms with E-state index in [1.165, 1.54) is 17.6 Å². The van der Waals surface area contributed by atoms with Gasteiger partial charge in [0.05, 0.1) is 28.3 Å². The lowest BCUT2D eigenvalue weighted by Crippen LogP contribution is -2.15. The van der Waals surface area contributed by atoms with Gasteiger partial charge >= 0.3 is 5.97 Å². The minimum Gasteiger partial charge on any atom is -0.462 e. The summed E-state index contributed by atoms with van der Waals surface area (Å²) < 4.78 is 5.16. The molecule has 0 aromatic carbocycles. The summed E-state index contributed by atoms with van der Waals surface area (Å²) in [5, 5.41) is 15.5. The highest BCUT2D eigenvalue weighted by Gasteiger charge is 2.30. The lowest BCUT2D eigenvalue weighted by molar-refractivity contribution is -0.116. The van der Waals surface area contributed by atoms with Gasteiger partial charge < -0.3 is 15.3 Å². The van der Waals surface area contributed by atoms with Crippen LogP contribution in [-0.2, 0) is 16.0 Å². The minimum atomic E-state index is -0.463. The maximum Gasteiger partial charge on any atom is 0.341 e. The van der Waals surface area contributed by atoms with Gasteiger partial charge in [-0.25, -0.2) is 4.79 Å².